The number of hydrazine groups is 1. The molecule has 0 aliphatic carbocycles. The van der Waals surface area contributed by atoms with Crippen molar-refractivity contribution >= 4 is 28.4 Å². The average molecular weight is 517 g/mol. The second kappa shape index (κ2) is 10.1. The number of alkyl halides is 3. The van der Waals surface area contributed by atoms with Gasteiger partial charge < -0.3 is 15.1 Å². The fourth-order valence-electron chi connectivity index (χ4n) is 4.59. The largest absolute Gasteiger partial charge is 0.405 e. The van der Waals surface area contributed by atoms with Gasteiger partial charge in [0, 0.05) is 61.6 Å². The summed E-state index contributed by atoms with van der Waals surface area (Å²) in [6, 6.07) is 7.81. The van der Waals surface area contributed by atoms with Crippen molar-refractivity contribution < 1.29 is 22.8 Å². The van der Waals surface area contributed by atoms with E-state index in [0.29, 0.717) is 24.3 Å². The summed E-state index contributed by atoms with van der Waals surface area (Å²) in [5.41, 5.74) is 6.10. The molecule has 3 N–H and O–H groups in total. The first-order chi connectivity index (χ1) is 17.7. The van der Waals surface area contributed by atoms with E-state index in [0.717, 1.165) is 18.5 Å². The highest BCUT2D eigenvalue weighted by Crippen LogP contribution is 2.33. The lowest BCUT2D eigenvalue weighted by Crippen LogP contribution is -2.48. The molecule has 2 unspecified atom stereocenters. The van der Waals surface area contributed by atoms with Crippen LogP contribution in [0, 0.1) is 0 Å². The summed E-state index contributed by atoms with van der Waals surface area (Å²) in [7, 11) is 2.03. The molecule has 2 amide bonds. The Bertz CT molecular complexity index is 1300. The molecular formula is C24H27F3N8O2. The monoisotopic (exact) mass is 516 g/mol. The lowest BCUT2D eigenvalue weighted by molar-refractivity contribution is -0.156. The number of benzene rings is 1. The Balaban J connectivity index is 1.26. The summed E-state index contributed by atoms with van der Waals surface area (Å²) in [4.78, 5) is 33.7. The van der Waals surface area contributed by atoms with Gasteiger partial charge in [-0.25, -0.2) is 10.4 Å². The molecule has 13 heteroatoms. The molecule has 196 valence electrons. The summed E-state index contributed by atoms with van der Waals surface area (Å²) in [5, 5.41) is 7.93. The third-order valence-electron chi connectivity index (χ3n) is 6.68. The Morgan fingerprint density at radius 1 is 1.14 bits per heavy atom. The molecule has 0 bridgehead atoms. The normalized spacial score (nSPS) is 20.9. The third kappa shape index (κ3) is 5.58. The number of halogens is 3. The van der Waals surface area contributed by atoms with Crippen LogP contribution < -0.4 is 16.2 Å². The second-order valence-corrected chi connectivity index (χ2v) is 9.34. The van der Waals surface area contributed by atoms with Crippen LogP contribution >= 0.6 is 0 Å². The number of hydrogen-bond acceptors (Lipinski definition) is 7. The lowest BCUT2D eigenvalue weighted by atomic mass is 9.97. The molecule has 1 aromatic carbocycles. The number of carbonyl (C=O) groups excluding carboxylic acids is 2. The number of hydrogen-bond donors (Lipinski definition) is 3. The first-order valence-corrected chi connectivity index (χ1v) is 11.9. The Hall–Kier alpha value is -3.55. The van der Waals surface area contributed by atoms with Gasteiger partial charge in [-0.05, 0) is 37.4 Å². The highest BCUT2D eigenvalue weighted by molar-refractivity contribution is 6.03. The van der Waals surface area contributed by atoms with Gasteiger partial charge >= 0.3 is 6.18 Å². The minimum atomic E-state index is -4.46. The van der Waals surface area contributed by atoms with Crippen LogP contribution in [0.4, 0.5) is 18.9 Å². The van der Waals surface area contributed by atoms with Crippen LogP contribution in [0.15, 0.2) is 42.6 Å². The van der Waals surface area contributed by atoms with Crippen LogP contribution in [-0.4, -0.2) is 88.4 Å². The first kappa shape index (κ1) is 25.1. The number of anilines is 1. The van der Waals surface area contributed by atoms with E-state index in [4.69, 9.17) is 0 Å². The smallest absolute Gasteiger partial charge is 0.339 e. The van der Waals surface area contributed by atoms with Crippen molar-refractivity contribution in [3.63, 3.8) is 0 Å². The van der Waals surface area contributed by atoms with Crippen molar-refractivity contribution in [1.29, 1.82) is 0 Å². The quantitative estimate of drug-likeness (QED) is 0.473. The molecule has 2 fully saturated rings. The Morgan fingerprint density at radius 2 is 1.92 bits per heavy atom. The fourth-order valence-corrected chi connectivity index (χ4v) is 4.59. The molecule has 10 nitrogen and oxygen atoms in total. The lowest BCUT2D eigenvalue weighted by Gasteiger charge is -2.32. The van der Waals surface area contributed by atoms with Gasteiger partial charge in [-0.1, -0.05) is 6.07 Å². The first-order valence-electron chi connectivity index (χ1n) is 11.9. The van der Waals surface area contributed by atoms with Crippen LogP contribution in [0.25, 0.3) is 10.9 Å². The highest BCUT2D eigenvalue weighted by atomic mass is 19.4. The SMILES string of the molecule is CN1CCN(C(=O)Cn2cc3cc(NC(=O)c4cccc(C5CNNC5C(F)(F)F)n4)ccc3n2)CC1. The molecule has 2 atom stereocenters. The Morgan fingerprint density at radius 3 is 2.68 bits per heavy atom. The molecule has 5 rings (SSSR count). The van der Waals surface area contributed by atoms with Crippen molar-refractivity contribution in [2.75, 3.05) is 45.1 Å². The maximum Gasteiger partial charge on any atom is 0.405 e. The highest BCUT2D eigenvalue weighted by Gasteiger charge is 2.48. The van der Waals surface area contributed by atoms with Crippen molar-refractivity contribution in [2.24, 2.45) is 0 Å². The van der Waals surface area contributed by atoms with Crippen LogP contribution in [0.5, 0.6) is 0 Å². The number of rotatable bonds is 5. The van der Waals surface area contributed by atoms with Gasteiger partial charge in [-0.3, -0.25) is 19.7 Å². The van der Waals surface area contributed by atoms with E-state index >= 15 is 0 Å². The zero-order chi connectivity index (χ0) is 26.2. The summed E-state index contributed by atoms with van der Waals surface area (Å²) in [6.07, 6.45) is -2.71. The van der Waals surface area contributed by atoms with Gasteiger partial charge in [0.15, 0.2) is 0 Å². The van der Waals surface area contributed by atoms with Gasteiger partial charge in [-0.2, -0.15) is 18.3 Å². The number of fused-ring (bicyclic) bond motifs is 1. The van der Waals surface area contributed by atoms with Crippen molar-refractivity contribution in [1.82, 2.24) is 35.4 Å². The van der Waals surface area contributed by atoms with Crippen molar-refractivity contribution in [3.05, 3.63) is 54.0 Å². The molecule has 2 aliphatic rings. The standard InChI is InChI=1S/C24H27F3N8O2/c1-33-7-9-34(10-8-33)21(36)14-35-13-15-11-16(5-6-18(15)32-35)29-23(37)20-4-2-3-19(30-20)17-12-28-31-22(17)24(25,26)27/h2-6,11,13,17,22,28,31H,7-10,12,14H2,1H3,(H,29,37). The van der Waals surface area contributed by atoms with Gasteiger partial charge in [0.1, 0.15) is 18.3 Å². The van der Waals surface area contributed by atoms with E-state index in [2.05, 4.69) is 31.2 Å². The summed E-state index contributed by atoms with van der Waals surface area (Å²) >= 11 is 0. The zero-order valence-corrected chi connectivity index (χ0v) is 20.1. The van der Waals surface area contributed by atoms with Crippen LogP contribution in [-0.2, 0) is 11.3 Å². The molecule has 2 aromatic heterocycles. The number of amides is 2. The van der Waals surface area contributed by atoms with Gasteiger partial charge in [-0.15, -0.1) is 0 Å². The number of carbonyl (C=O) groups is 2. The van der Waals surface area contributed by atoms with Gasteiger partial charge in [0.05, 0.1) is 5.52 Å². The summed E-state index contributed by atoms with van der Waals surface area (Å²) < 4.78 is 41.5. The molecular weight excluding hydrogens is 489 g/mol. The second-order valence-electron chi connectivity index (χ2n) is 9.34. The number of likely N-dealkylation sites (N-methyl/N-ethyl adjacent to an activating group) is 1. The Labute approximate surface area is 210 Å². The number of nitrogens with one attached hydrogen (secondary N) is 3. The summed E-state index contributed by atoms with van der Waals surface area (Å²) in [5.74, 6) is -1.49. The van der Waals surface area contributed by atoms with E-state index in [9.17, 15) is 22.8 Å². The fraction of sp³-hybridized carbons (Fsp3) is 0.417. The third-order valence-corrected chi connectivity index (χ3v) is 6.68. The summed E-state index contributed by atoms with van der Waals surface area (Å²) in [6.45, 7) is 3.22. The molecule has 2 aliphatic heterocycles. The van der Waals surface area contributed by atoms with Gasteiger partial charge in [0.2, 0.25) is 5.91 Å². The van der Waals surface area contributed by atoms with Gasteiger partial charge in [0.25, 0.3) is 5.91 Å². The predicted molar refractivity (Wildman–Crippen MR) is 130 cm³/mol. The van der Waals surface area contributed by atoms with E-state index in [1.54, 1.807) is 29.1 Å². The van der Waals surface area contributed by atoms with E-state index < -0.39 is 24.0 Å². The maximum absolute atomic E-state index is 13.3. The van der Waals surface area contributed by atoms with E-state index in [1.165, 1.54) is 18.2 Å². The minimum Gasteiger partial charge on any atom is -0.339 e. The predicted octanol–water partition coefficient (Wildman–Crippen LogP) is 1.58. The maximum atomic E-state index is 13.3. The van der Waals surface area contributed by atoms with Crippen molar-refractivity contribution in [2.45, 2.75) is 24.7 Å². The van der Waals surface area contributed by atoms with Crippen molar-refractivity contribution in [3.8, 4) is 0 Å². The molecule has 4 heterocycles. The van der Waals surface area contributed by atoms with Crippen LogP contribution in [0.2, 0.25) is 0 Å². The molecule has 37 heavy (non-hydrogen) atoms. The number of pyridine rings is 1. The molecule has 0 spiro atoms. The average Bonchev–Trinajstić information content (AvgIpc) is 3.51. The number of piperazine rings is 1. The molecule has 3 aromatic rings. The Kier molecular flexibility index (Phi) is 6.84. The minimum absolute atomic E-state index is 0.000753. The molecule has 0 saturated carbocycles. The zero-order valence-electron chi connectivity index (χ0n) is 20.1. The number of aromatic nitrogens is 3. The topological polar surface area (TPSA) is 107 Å². The van der Waals surface area contributed by atoms with E-state index in [1.807, 2.05) is 11.9 Å². The number of nitrogens with zero attached hydrogens (tertiary/aromatic N) is 5. The van der Waals surface area contributed by atoms with E-state index in [-0.39, 0.29) is 30.4 Å². The molecule has 0 radical (unpaired) electrons. The van der Waals surface area contributed by atoms with Crippen LogP contribution in [0.3, 0.4) is 0 Å². The van der Waals surface area contributed by atoms with Crippen LogP contribution in [0.1, 0.15) is 22.1 Å². The molecule has 2 saturated heterocycles.